The predicted octanol–water partition coefficient (Wildman–Crippen LogP) is 0.495. The molecule has 12 heavy (non-hydrogen) atoms. The van der Waals surface area contributed by atoms with E-state index < -0.39 is 12.3 Å². The third kappa shape index (κ3) is 4.23. The minimum Gasteiger partial charge on any atom is -0.347 e. The number of alkyl halides is 2. The summed E-state index contributed by atoms with van der Waals surface area (Å²) in [7, 11) is 0. The molecule has 0 aliphatic rings. The van der Waals surface area contributed by atoms with Gasteiger partial charge >= 0.3 is 6.43 Å². The van der Waals surface area contributed by atoms with Crippen molar-refractivity contribution in [2.24, 2.45) is 5.73 Å². The van der Waals surface area contributed by atoms with Crippen LogP contribution in [0.2, 0.25) is 0 Å². The fourth-order valence-electron chi connectivity index (χ4n) is 0.862. The fraction of sp³-hybridized carbons (Fsp3) is 0.857. The van der Waals surface area contributed by atoms with Gasteiger partial charge in [-0.1, -0.05) is 13.3 Å². The predicted molar refractivity (Wildman–Crippen MR) is 41.9 cm³/mol. The fourth-order valence-corrected chi connectivity index (χ4v) is 0.862. The molecular weight excluding hydrogens is 166 g/mol. The van der Waals surface area contributed by atoms with Gasteiger partial charge in [-0.2, -0.15) is 8.78 Å². The van der Waals surface area contributed by atoms with Crippen molar-refractivity contribution < 1.29 is 13.6 Å². The van der Waals surface area contributed by atoms with Crippen LogP contribution >= 0.6 is 0 Å². The summed E-state index contributed by atoms with van der Waals surface area (Å²) in [6, 6.07) is -0.323. The molecule has 0 saturated heterocycles. The molecule has 0 saturated carbocycles. The van der Waals surface area contributed by atoms with E-state index in [0.29, 0.717) is 6.42 Å². The topological polar surface area (TPSA) is 55.1 Å². The van der Waals surface area contributed by atoms with Crippen LogP contribution < -0.4 is 11.1 Å². The quantitative estimate of drug-likeness (QED) is 0.647. The lowest BCUT2D eigenvalue weighted by atomic mass is 10.2. The number of carbonyl (C=O) groups is 1. The van der Waals surface area contributed by atoms with Crippen molar-refractivity contribution in [2.45, 2.75) is 32.2 Å². The first-order valence-corrected chi connectivity index (χ1v) is 3.90. The minimum absolute atomic E-state index is 0.201. The molecule has 0 heterocycles. The average molecular weight is 180 g/mol. The Morgan fingerprint density at radius 1 is 1.58 bits per heavy atom. The number of hydrogen-bond acceptors (Lipinski definition) is 2. The van der Waals surface area contributed by atoms with E-state index in [9.17, 15) is 13.6 Å². The average Bonchev–Trinajstić information content (AvgIpc) is 2.03. The van der Waals surface area contributed by atoms with E-state index in [0.717, 1.165) is 6.42 Å². The lowest BCUT2D eigenvalue weighted by molar-refractivity contribution is -0.132. The van der Waals surface area contributed by atoms with E-state index in [-0.39, 0.29) is 12.6 Å². The van der Waals surface area contributed by atoms with E-state index in [1.165, 1.54) is 0 Å². The standard InChI is InChI=1S/C7H14F2N2O/c1-2-3-5(4-10)11-7(12)6(8)9/h5-6H,2-4,10H2,1H3,(H,11,12). The van der Waals surface area contributed by atoms with Crippen molar-refractivity contribution in [3.8, 4) is 0 Å². The maximum absolute atomic E-state index is 11.7. The third-order valence-corrected chi connectivity index (χ3v) is 1.47. The van der Waals surface area contributed by atoms with Gasteiger partial charge in [0.25, 0.3) is 5.91 Å². The molecule has 0 aromatic carbocycles. The van der Waals surface area contributed by atoms with E-state index in [1.54, 1.807) is 0 Å². The summed E-state index contributed by atoms with van der Waals surface area (Å²) in [6.45, 7) is 2.10. The smallest absolute Gasteiger partial charge is 0.315 e. The Morgan fingerprint density at radius 3 is 2.50 bits per heavy atom. The molecule has 1 unspecified atom stereocenters. The molecule has 0 spiro atoms. The molecular formula is C7H14F2N2O. The molecule has 0 rings (SSSR count). The molecule has 3 N–H and O–H groups in total. The number of amides is 1. The Bertz CT molecular complexity index is 141. The molecule has 0 aromatic rings. The van der Waals surface area contributed by atoms with E-state index >= 15 is 0 Å². The van der Waals surface area contributed by atoms with Gasteiger partial charge in [-0.25, -0.2) is 0 Å². The minimum atomic E-state index is -2.95. The summed E-state index contributed by atoms with van der Waals surface area (Å²) >= 11 is 0. The van der Waals surface area contributed by atoms with Crippen LogP contribution in [-0.2, 0) is 4.79 Å². The molecule has 5 heteroatoms. The van der Waals surface area contributed by atoms with Crippen LogP contribution in [0.3, 0.4) is 0 Å². The second kappa shape index (κ2) is 5.88. The van der Waals surface area contributed by atoms with Crippen LogP contribution in [0.1, 0.15) is 19.8 Å². The number of nitrogens with one attached hydrogen (secondary N) is 1. The van der Waals surface area contributed by atoms with E-state index in [1.807, 2.05) is 6.92 Å². The van der Waals surface area contributed by atoms with Crippen LogP contribution in [0.4, 0.5) is 8.78 Å². The number of rotatable bonds is 5. The molecule has 0 radical (unpaired) electrons. The van der Waals surface area contributed by atoms with Gasteiger partial charge in [0.1, 0.15) is 0 Å². The molecule has 1 amide bonds. The van der Waals surface area contributed by atoms with Gasteiger partial charge in [-0.05, 0) is 6.42 Å². The highest BCUT2D eigenvalue weighted by Crippen LogP contribution is 1.97. The molecule has 3 nitrogen and oxygen atoms in total. The summed E-state index contributed by atoms with van der Waals surface area (Å²) in [5.74, 6) is -1.24. The Labute approximate surface area is 70.3 Å². The van der Waals surface area contributed by atoms with Crippen molar-refractivity contribution in [3.63, 3.8) is 0 Å². The highest BCUT2D eigenvalue weighted by atomic mass is 19.3. The van der Waals surface area contributed by atoms with Crippen molar-refractivity contribution in [1.29, 1.82) is 0 Å². The van der Waals surface area contributed by atoms with Gasteiger partial charge in [-0.3, -0.25) is 4.79 Å². The van der Waals surface area contributed by atoms with Gasteiger partial charge in [0.15, 0.2) is 0 Å². The zero-order valence-corrected chi connectivity index (χ0v) is 7.02. The summed E-state index contributed by atoms with van der Waals surface area (Å²) < 4.78 is 23.4. The zero-order valence-electron chi connectivity index (χ0n) is 7.02. The first-order chi connectivity index (χ1) is 5.61. The highest BCUT2D eigenvalue weighted by Gasteiger charge is 2.17. The first kappa shape index (κ1) is 11.3. The Balaban J connectivity index is 3.77. The van der Waals surface area contributed by atoms with Crippen molar-refractivity contribution in [3.05, 3.63) is 0 Å². The summed E-state index contributed by atoms with van der Waals surface area (Å²) in [6.07, 6.45) is -1.50. The Hall–Kier alpha value is -0.710. The number of carbonyl (C=O) groups excluding carboxylic acids is 1. The van der Waals surface area contributed by atoms with Gasteiger partial charge in [-0.15, -0.1) is 0 Å². The van der Waals surface area contributed by atoms with Crippen LogP contribution in [0.15, 0.2) is 0 Å². The number of nitrogens with two attached hydrogens (primary N) is 1. The SMILES string of the molecule is CCCC(CN)NC(=O)C(F)F. The monoisotopic (exact) mass is 180 g/mol. The Kier molecular flexibility index (Phi) is 5.53. The maximum Gasteiger partial charge on any atom is 0.315 e. The maximum atomic E-state index is 11.7. The van der Waals surface area contributed by atoms with Crippen molar-refractivity contribution in [1.82, 2.24) is 5.32 Å². The first-order valence-electron chi connectivity index (χ1n) is 3.90. The summed E-state index contributed by atoms with van der Waals surface area (Å²) in [5.41, 5.74) is 5.25. The molecule has 0 aliphatic carbocycles. The van der Waals surface area contributed by atoms with Gasteiger partial charge in [0.05, 0.1) is 0 Å². The van der Waals surface area contributed by atoms with Crippen LogP contribution in [0.25, 0.3) is 0 Å². The van der Waals surface area contributed by atoms with Gasteiger partial charge < -0.3 is 11.1 Å². The largest absolute Gasteiger partial charge is 0.347 e. The second-order valence-electron chi connectivity index (χ2n) is 2.53. The summed E-state index contributed by atoms with van der Waals surface area (Å²) in [4.78, 5) is 10.5. The molecule has 0 aliphatic heterocycles. The van der Waals surface area contributed by atoms with Crippen molar-refractivity contribution >= 4 is 5.91 Å². The third-order valence-electron chi connectivity index (χ3n) is 1.47. The molecule has 0 fully saturated rings. The van der Waals surface area contributed by atoms with E-state index in [4.69, 9.17) is 5.73 Å². The second-order valence-corrected chi connectivity index (χ2v) is 2.53. The summed E-state index contributed by atoms with van der Waals surface area (Å²) in [5, 5.41) is 2.15. The zero-order chi connectivity index (χ0) is 9.56. The Morgan fingerprint density at radius 2 is 2.17 bits per heavy atom. The van der Waals surface area contributed by atoms with E-state index in [2.05, 4.69) is 5.32 Å². The van der Waals surface area contributed by atoms with Crippen LogP contribution in [0, 0.1) is 0 Å². The lowest BCUT2D eigenvalue weighted by Crippen LogP contribution is -2.42. The highest BCUT2D eigenvalue weighted by molar-refractivity contribution is 5.79. The number of hydrogen-bond donors (Lipinski definition) is 2. The van der Waals surface area contributed by atoms with Crippen LogP contribution in [0.5, 0.6) is 0 Å². The normalized spacial score (nSPS) is 13.1. The molecule has 0 bridgehead atoms. The van der Waals surface area contributed by atoms with Gasteiger partial charge in [0.2, 0.25) is 0 Å². The molecule has 72 valence electrons. The lowest BCUT2D eigenvalue weighted by Gasteiger charge is -2.14. The molecule has 0 aromatic heterocycles. The van der Waals surface area contributed by atoms with Crippen molar-refractivity contribution in [2.75, 3.05) is 6.54 Å². The van der Waals surface area contributed by atoms with Crippen LogP contribution in [-0.4, -0.2) is 24.9 Å². The molecule has 1 atom stereocenters. The van der Waals surface area contributed by atoms with Gasteiger partial charge in [0, 0.05) is 12.6 Å². The number of halogens is 2.